The summed E-state index contributed by atoms with van der Waals surface area (Å²) in [6.07, 6.45) is 1.94. The summed E-state index contributed by atoms with van der Waals surface area (Å²) in [6.45, 7) is 20.2. The molecule has 0 saturated carbocycles. The first-order valence-corrected chi connectivity index (χ1v) is 21.3. The van der Waals surface area contributed by atoms with E-state index in [1.165, 1.54) is 32.6 Å². The van der Waals surface area contributed by atoms with Crippen LogP contribution in [0, 0.1) is 19.1 Å². The van der Waals surface area contributed by atoms with Gasteiger partial charge in [0, 0.05) is 22.9 Å². The number of pyridine rings is 1. The molecule has 1 aliphatic heterocycles. The molecule has 7 aromatic rings. The van der Waals surface area contributed by atoms with Crippen LogP contribution in [0.15, 0.2) is 134 Å². The fourth-order valence-corrected chi connectivity index (χ4v) is 12.7. The summed E-state index contributed by atoms with van der Waals surface area (Å²) in [5, 5.41) is 13.6. The quantitative estimate of drug-likeness (QED) is 0.0950. The number of hydrogen-bond donors (Lipinski definition) is 0. The van der Waals surface area contributed by atoms with Crippen molar-refractivity contribution in [1.29, 1.82) is 0 Å². The van der Waals surface area contributed by atoms with Gasteiger partial charge in [-0.05, 0) is 74.1 Å². The number of rotatable bonds is 6. The van der Waals surface area contributed by atoms with Gasteiger partial charge in [0.2, 0.25) is 0 Å². The number of aryl methyl sites for hydroxylation is 1. The summed E-state index contributed by atoms with van der Waals surface area (Å²) in [7, 11) is -3.05. The van der Waals surface area contributed by atoms with Crippen molar-refractivity contribution in [2.24, 2.45) is 0 Å². The third-order valence-electron chi connectivity index (χ3n) is 11.4. The molecule has 0 bridgehead atoms. The van der Waals surface area contributed by atoms with E-state index in [0.717, 1.165) is 44.5 Å². The van der Waals surface area contributed by atoms with Gasteiger partial charge in [0.05, 0.1) is 0 Å². The van der Waals surface area contributed by atoms with Crippen molar-refractivity contribution in [3.05, 3.63) is 174 Å². The molecule has 0 atom stereocenters. The van der Waals surface area contributed by atoms with Crippen LogP contribution in [0.4, 0.5) is 17.1 Å². The smallest absolute Gasteiger partial charge is 0.619 e. The Morgan fingerprint density at radius 2 is 1.29 bits per heavy atom. The van der Waals surface area contributed by atoms with Crippen LogP contribution >= 0.6 is 0 Å². The number of benzene rings is 5. The molecule has 0 fully saturated rings. The van der Waals surface area contributed by atoms with Gasteiger partial charge in [-0.25, -0.2) is 5.69 Å². The largest absolute Gasteiger partial charge is 3.00 e. The number of anilines is 3. The second kappa shape index (κ2) is 14.6. The molecule has 0 unspecified atom stereocenters. The Labute approximate surface area is 350 Å². The molecule has 4 nitrogen and oxygen atoms in total. The van der Waals surface area contributed by atoms with Gasteiger partial charge in [-0.3, -0.25) is 4.98 Å². The first-order valence-electron chi connectivity index (χ1n) is 19.3. The Morgan fingerprint density at radius 1 is 0.661 bits per heavy atom. The Kier molecular flexibility index (Phi) is 10.3. The molecule has 284 valence electrons. The molecule has 56 heavy (non-hydrogen) atoms. The Balaban J connectivity index is 0.00000480. The van der Waals surface area contributed by atoms with Crippen LogP contribution in [0.25, 0.3) is 11.3 Å². The summed E-state index contributed by atoms with van der Waals surface area (Å²) >= 11 is 0. The van der Waals surface area contributed by atoms with E-state index in [9.17, 15) is 0 Å². The van der Waals surface area contributed by atoms with E-state index in [2.05, 4.69) is 198 Å². The van der Waals surface area contributed by atoms with E-state index in [1.54, 1.807) is 0 Å². The standard InChI is InChI=1S/C50H49N4Si.Au/c1-34-31-44(53-52-34)35-20-29-43-46(32-35)54(45-18-11-10-17-42(45)50(43,8)9)38-15-14-16-41(33-38)55(47-19-12-13-30-51-47,39-25-21-36(22-26-39)48(2,3)4)40-27-23-37(24-28-40)49(5,6)7;/h10-31H,1-9H3;/q-3;+3. The van der Waals surface area contributed by atoms with E-state index in [1.807, 2.05) is 25.3 Å². The second-order valence-electron chi connectivity index (χ2n) is 17.6. The van der Waals surface area contributed by atoms with Crippen molar-refractivity contribution in [2.75, 3.05) is 4.90 Å². The molecule has 0 N–H and O–H groups in total. The Bertz CT molecular complexity index is 2430. The molecule has 2 aromatic heterocycles. The predicted octanol–water partition coefficient (Wildman–Crippen LogP) is 9.09. The van der Waals surface area contributed by atoms with Crippen molar-refractivity contribution >= 4 is 46.0 Å². The summed E-state index contributed by atoms with van der Waals surface area (Å²) in [6, 6.07) is 54.9. The maximum Gasteiger partial charge on any atom is 3.00 e. The molecule has 0 amide bonds. The topological polar surface area (TPSA) is 43.1 Å². The van der Waals surface area contributed by atoms with Crippen molar-refractivity contribution in [3.63, 3.8) is 0 Å². The monoisotopic (exact) mass is 930 g/mol. The predicted molar refractivity (Wildman–Crippen MR) is 231 cm³/mol. The van der Waals surface area contributed by atoms with Crippen LogP contribution in [0.3, 0.4) is 0 Å². The fraction of sp³-hybridized carbons (Fsp3) is 0.240. The Morgan fingerprint density at radius 3 is 1.86 bits per heavy atom. The van der Waals surface area contributed by atoms with Crippen molar-refractivity contribution in [2.45, 2.75) is 78.6 Å². The van der Waals surface area contributed by atoms with E-state index < -0.39 is 8.07 Å². The number of aromatic nitrogens is 3. The van der Waals surface area contributed by atoms with E-state index >= 15 is 0 Å². The summed E-state index contributed by atoms with van der Waals surface area (Å²) in [5.41, 5.74) is 10.6. The molecule has 1 aliphatic rings. The third-order valence-corrected chi connectivity index (χ3v) is 16.0. The molecule has 3 heterocycles. The molecule has 0 saturated heterocycles. The minimum absolute atomic E-state index is 0. The van der Waals surface area contributed by atoms with Crippen LogP contribution in [0.5, 0.6) is 0 Å². The molecule has 5 aromatic carbocycles. The van der Waals surface area contributed by atoms with Gasteiger partial charge in [-0.1, -0.05) is 146 Å². The number of para-hydroxylation sites is 1. The van der Waals surface area contributed by atoms with Crippen LogP contribution < -0.4 is 30.9 Å². The third kappa shape index (κ3) is 6.75. The molecule has 8 rings (SSSR count). The molecule has 0 aliphatic carbocycles. The fourth-order valence-electron chi connectivity index (χ4n) is 8.29. The van der Waals surface area contributed by atoms with Gasteiger partial charge in [-0.2, -0.15) is 28.9 Å². The van der Waals surface area contributed by atoms with Crippen LogP contribution in [0.2, 0.25) is 0 Å². The first kappa shape index (κ1) is 39.5. The summed E-state index contributed by atoms with van der Waals surface area (Å²) < 4.78 is 0. The summed E-state index contributed by atoms with van der Waals surface area (Å²) in [5.74, 6) is 0. The van der Waals surface area contributed by atoms with E-state index in [-0.39, 0.29) is 38.6 Å². The van der Waals surface area contributed by atoms with Crippen molar-refractivity contribution in [3.8, 4) is 11.3 Å². The zero-order chi connectivity index (χ0) is 38.8. The van der Waals surface area contributed by atoms with E-state index in [4.69, 9.17) is 4.98 Å². The van der Waals surface area contributed by atoms with Gasteiger partial charge in [-0.15, -0.1) is 24.3 Å². The van der Waals surface area contributed by atoms with Crippen molar-refractivity contribution in [1.82, 2.24) is 15.2 Å². The van der Waals surface area contributed by atoms with Crippen molar-refractivity contribution < 1.29 is 22.4 Å². The van der Waals surface area contributed by atoms with Crippen LogP contribution in [0.1, 0.15) is 83.3 Å². The van der Waals surface area contributed by atoms with Gasteiger partial charge in [0.15, 0.2) is 8.07 Å². The van der Waals surface area contributed by atoms with Gasteiger partial charge in [0.25, 0.3) is 0 Å². The number of fused-ring (bicyclic) bond motifs is 2. The minimum Gasteiger partial charge on any atom is -0.619 e. The molecule has 6 heteroatoms. The van der Waals surface area contributed by atoms with Gasteiger partial charge >= 0.3 is 22.4 Å². The zero-order valence-corrected chi connectivity index (χ0v) is 37.0. The zero-order valence-electron chi connectivity index (χ0n) is 33.8. The average molecular weight is 931 g/mol. The average Bonchev–Trinajstić information content (AvgIpc) is 3.62. The maximum absolute atomic E-state index is 5.21. The molecule has 0 radical (unpaired) electrons. The molecular formula is C50H49AuN4Si. The van der Waals surface area contributed by atoms with Gasteiger partial charge in [0.1, 0.15) is 0 Å². The minimum atomic E-state index is -3.05. The maximum atomic E-state index is 5.21. The normalized spacial score (nSPS) is 13.8. The second-order valence-corrected chi connectivity index (χ2v) is 21.3. The molecular weight excluding hydrogens is 882 g/mol. The van der Waals surface area contributed by atoms with Crippen LogP contribution in [-0.2, 0) is 38.6 Å². The number of nitrogens with zero attached hydrogens (tertiary/aromatic N) is 4. The van der Waals surface area contributed by atoms with Crippen LogP contribution in [-0.4, -0.2) is 18.2 Å². The first-order chi connectivity index (χ1) is 26.2. The number of hydrogen-bond acceptors (Lipinski definition) is 3. The van der Waals surface area contributed by atoms with E-state index in [0.29, 0.717) is 0 Å². The van der Waals surface area contributed by atoms with Gasteiger partial charge < -0.3 is 15.1 Å². The molecule has 0 spiro atoms. The SMILES string of the molecule is Cc1cc(-c2[c-]c3c(cc2)C(C)(C)c2ccccc2N3c2[c-]c([Si](c3ccc(C(C)(C)C)cc3)(c3ccc(C(C)(C)C)cc3)c3ccccn3)ccc2)[n-]n1.[Au+3]. The summed E-state index contributed by atoms with van der Waals surface area (Å²) in [4.78, 5) is 7.57. The Hall–Kier alpha value is -4.78.